The Morgan fingerprint density at radius 3 is 2.00 bits per heavy atom. The fraction of sp³-hybridized carbons (Fsp3) is 0.714. The van der Waals surface area contributed by atoms with E-state index in [2.05, 4.69) is 24.9 Å². The first-order chi connectivity index (χ1) is 3.66. The summed E-state index contributed by atoms with van der Waals surface area (Å²) in [5, 5.41) is 0. The van der Waals surface area contributed by atoms with Crippen molar-refractivity contribution in [2.24, 2.45) is 0 Å². The second kappa shape index (κ2) is 5.96. The zero-order valence-corrected chi connectivity index (χ0v) is 7.46. The van der Waals surface area contributed by atoms with Crippen LogP contribution in [0.1, 0.15) is 20.3 Å². The highest BCUT2D eigenvalue weighted by atomic mass is 35.5. The highest BCUT2D eigenvalue weighted by Gasteiger charge is 1.81. The van der Waals surface area contributed by atoms with E-state index < -0.39 is 0 Å². The smallest absolute Gasteiger partial charge is 0.00556 e. The Kier molecular flexibility index (Phi) is 7.68. The summed E-state index contributed by atoms with van der Waals surface area (Å²) in [4.78, 5) is 2.07. The average molecular weight is 150 g/mol. The maximum Gasteiger partial charge on any atom is 0.00556 e. The molecular formula is C7H16ClN. The van der Waals surface area contributed by atoms with Crippen molar-refractivity contribution in [1.29, 1.82) is 0 Å². The molecule has 0 aliphatic heterocycles. The van der Waals surface area contributed by atoms with Crippen LogP contribution >= 0.6 is 12.4 Å². The molecule has 0 aromatic rings. The molecule has 0 heterocycles. The monoisotopic (exact) mass is 149 g/mol. The van der Waals surface area contributed by atoms with Crippen molar-refractivity contribution in [3.8, 4) is 0 Å². The van der Waals surface area contributed by atoms with Gasteiger partial charge in [0.15, 0.2) is 0 Å². The van der Waals surface area contributed by atoms with Gasteiger partial charge in [-0.05, 0) is 19.5 Å². The van der Waals surface area contributed by atoms with Crippen LogP contribution < -0.4 is 0 Å². The van der Waals surface area contributed by atoms with Gasteiger partial charge < -0.3 is 4.90 Å². The summed E-state index contributed by atoms with van der Waals surface area (Å²) >= 11 is 0. The topological polar surface area (TPSA) is 3.24 Å². The first-order valence-corrected chi connectivity index (χ1v) is 3.00. The number of nitrogens with zero attached hydrogens (tertiary/aromatic N) is 1. The average Bonchev–Trinajstić information content (AvgIpc) is 1.65. The Balaban J connectivity index is 0. The molecule has 0 N–H and O–H groups in total. The van der Waals surface area contributed by atoms with Gasteiger partial charge in [-0.15, -0.1) is 12.4 Å². The van der Waals surface area contributed by atoms with Gasteiger partial charge in [0.05, 0.1) is 0 Å². The van der Waals surface area contributed by atoms with Gasteiger partial charge in [0.2, 0.25) is 0 Å². The summed E-state index contributed by atoms with van der Waals surface area (Å²) in [6, 6.07) is 0. The zero-order chi connectivity index (χ0) is 6.57. The Morgan fingerprint density at radius 1 is 1.44 bits per heavy atom. The SMILES string of the molecule is CC/C(C)=C/N(C)C.Cl. The summed E-state index contributed by atoms with van der Waals surface area (Å²) in [5.74, 6) is 0. The van der Waals surface area contributed by atoms with E-state index in [9.17, 15) is 0 Å². The van der Waals surface area contributed by atoms with Crippen LogP contribution in [0.2, 0.25) is 0 Å². The standard InChI is InChI=1S/C7H15N.ClH/c1-5-7(2)6-8(3)4;/h6H,5H2,1-4H3;1H/b7-6+;. The van der Waals surface area contributed by atoms with E-state index in [1.54, 1.807) is 0 Å². The van der Waals surface area contributed by atoms with Crippen LogP contribution in [-0.2, 0) is 0 Å². The molecule has 9 heavy (non-hydrogen) atoms. The molecule has 0 unspecified atom stereocenters. The molecule has 56 valence electrons. The number of allylic oxidation sites excluding steroid dienone is 1. The molecule has 0 spiro atoms. The van der Waals surface area contributed by atoms with Gasteiger partial charge in [-0.2, -0.15) is 0 Å². The molecule has 0 radical (unpaired) electrons. The normalized spacial score (nSPS) is 10.4. The maximum atomic E-state index is 2.16. The molecule has 2 heteroatoms. The van der Waals surface area contributed by atoms with Gasteiger partial charge in [0.25, 0.3) is 0 Å². The molecule has 0 aliphatic rings. The summed E-state index contributed by atoms with van der Waals surface area (Å²) in [6.45, 7) is 4.30. The second-order valence-corrected chi connectivity index (χ2v) is 2.29. The van der Waals surface area contributed by atoms with Gasteiger partial charge in [0, 0.05) is 14.1 Å². The van der Waals surface area contributed by atoms with Gasteiger partial charge in [-0.3, -0.25) is 0 Å². The number of hydrogen-bond acceptors (Lipinski definition) is 1. The Labute approximate surface area is 64.2 Å². The van der Waals surface area contributed by atoms with Crippen molar-refractivity contribution in [2.75, 3.05) is 14.1 Å². The van der Waals surface area contributed by atoms with Crippen molar-refractivity contribution in [3.05, 3.63) is 11.8 Å². The van der Waals surface area contributed by atoms with E-state index in [1.807, 2.05) is 14.1 Å². The predicted octanol–water partition coefficient (Wildman–Crippen LogP) is 2.28. The van der Waals surface area contributed by atoms with Crippen LogP contribution in [0.25, 0.3) is 0 Å². The fourth-order valence-electron chi connectivity index (χ4n) is 0.532. The maximum absolute atomic E-state index is 2.16. The van der Waals surface area contributed by atoms with Crippen LogP contribution in [0.3, 0.4) is 0 Å². The lowest BCUT2D eigenvalue weighted by Gasteiger charge is -2.05. The summed E-state index contributed by atoms with van der Waals surface area (Å²) in [6.07, 6.45) is 3.29. The lowest BCUT2D eigenvalue weighted by molar-refractivity contribution is 0.556. The Hall–Kier alpha value is -0.170. The van der Waals surface area contributed by atoms with Crippen LogP contribution in [0.5, 0.6) is 0 Å². The first kappa shape index (κ1) is 11.6. The number of hydrogen-bond donors (Lipinski definition) is 0. The van der Waals surface area contributed by atoms with Crippen molar-refractivity contribution in [2.45, 2.75) is 20.3 Å². The molecule has 0 atom stereocenters. The molecule has 0 saturated carbocycles. The van der Waals surface area contributed by atoms with Gasteiger partial charge >= 0.3 is 0 Å². The van der Waals surface area contributed by atoms with Crippen LogP contribution in [-0.4, -0.2) is 19.0 Å². The highest BCUT2D eigenvalue weighted by molar-refractivity contribution is 5.85. The molecule has 0 aliphatic carbocycles. The van der Waals surface area contributed by atoms with Crippen LogP contribution in [0.4, 0.5) is 0 Å². The minimum Gasteiger partial charge on any atom is -0.384 e. The van der Waals surface area contributed by atoms with Gasteiger partial charge in [-0.1, -0.05) is 12.5 Å². The summed E-state index contributed by atoms with van der Waals surface area (Å²) < 4.78 is 0. The van der Waals surface area contributed by atoms with E-state index in [0.717, 1.165) is 6.42 Å². The van der Waals surface area contributed by atoms with Crippen molar-refractivity contribution >= 4 is 12.4 Å². The lowest BCUT2D eigenvalue weighted by atomic mass is 10.2. The van der Waals surface area contributed by atoms with Gasteiger partial charge in [-0.25, -0.2) is 0 Å². The van der Waals surface area contributed by atoms with E-state index in [1.165, 1.54) is 5.57 Å². The van der Waals surface area contributed by atoms with Crippen LogP contribution in [0, 0.1) is 0 Å². The van der Waals surface area contributed by atoms with Crippen LogP contribution in [0.15, 0.2) is 11.8 Å². The second-order valence-electron chi connectivity index (χ2n) is 2.29. The van der Waals surface area contributed by atoms with E-state index in [-0.39, 0.29) is 12.4 Å². The van der Waals surface area contributed by atoms with E-state index >= 15 is 0 Å². The molecule has 0 saturated heterocycles. The Bertz CT molecular complexity index is 86.9. The Morgan fingerprint density at radius 2 is 1.89 bits per heavy atom. The molecule has 1 nitrogen and oxygen atoms in total. The van der Waals surface area contributed by atoms with E-state index in [0.29, 0.717) is 0 Å². The van der Waals surface area contributed by atoms with Crippen molar-refractivity contribution in [3.63, 3.8) is 0 Å². The molecular weight excluding hydrogens is 134 g/mol. The quantitative estimate of drug-likeness (QED) is 0.583. The predicted molar refractivity (Wildman–Crippen MR) is 45.0 cm³/mol. The molecule has 0 rings (SSSR count). The largest absolute Gasteiger partial charge is 0.384 e. The van der Waals surface area contributed by atoms with Gasteiger partial charge in [0.1, 0.15) is 0 Å². The number of halogens is 1. The minimum atomic E-state index is 0. The van der Waals surface area contributed by atoms with E-state index in [4.69, 9.17) is 0 Å². The van der Waals surface area contributed by atoms with Crippen molar-refractivity contribution < 1.29 is 0 Å². The third kappa shape index (κ3) is 7.83. The molecule has 0 fully saturated rings. The lowest BCUT2D eigenvalue weighted by Crippen LogP contribution is -2.01. The van der Waals surface area contributed by atoms with Crippen molar-refractivity contribution in [1.82, 2.24) is 4.90 Å². The molecule has 0 bridgehead atoms. The highest BCUT2D eigenvalue weighted by Crippen LogP contribution is 1.97. The first-order valence-electron chi connectivity index (χ1n) is 3.00. The number of rotatable bonds is 2. The fourth-order valence-corrected chi connectivity index (χ4v) is 0.532. The summed E-state index contributed by atoms with van der Waals surface area (Å²) in [5.41, 5.74) is 1.43. The summed E-state index contributed by atoms with van der Waals surface area (Å²) in [7, 11) is 4.08. The zero-order valence-electron chi connectivity index (χ0n) is 6.64. The molecule has 0 aromatic heterocycles. The third-order valence-electron chi connectivity index (χ3n) is 1.04. The molecule has 0 aromatic carbocycles. The third-order valence-corrected chi connectivity index (χ3v) is 1.04. The minimum absolute atomic E-state index is 0. The molecule has 0 amide bonds.